The third kappa shape index (κ3) is 2.78. The first-order valence-electron chi connectivity index (χ1n) is 5.54. The predicted molar refractivity (Wildman–Crippen MR) is 65.5 cm³/mol. The molecule has 0 saturated carbocycles. The van der Waals surface area contributed by atoms with E-state index < -0.39 is 12.0 Å². The van der Waals surface area contributed by atoms with E-state index >= 15 is 0 Å². The molecule has 1 aromatic carbocycles. The third-order valence-electron chi connectivity index (χ3n) is 2.50. The normalized spacial score (nSPS) is 12.5. The van der Waals surface area contributed by atoms with E-state index in [1.807, 2.05) is 12.1 Å². The lowest BCUT2D eigenvalue weighted by atomic mass is 10.2. The molecular weight excluding hydrogens is 236 g/mol. The molecule has 18 heavy (non-hydrogen) atoms. The number of ether oxygens (including phenoxy) is 1. The Morgan fingerprint density at radius 2 is 2.33 bits per heavy atom. The molecule has 1 heterocycles. The fourth-order valence-corrected chi connectivity index (χ4v) is 1.58. The van der Waals surface area contributed by atoms with Crippen LogP contribution in [0.5, 0.6) is 0 Å². The van der Waals surface area contributed by atoms with Gasteiger partial charge in [-0.2, -0.15) is 4.98 Å². The van der Waals surface area contributed by atoms with Gasteiger partial charge < -0.3 is 19.6 Å². The van der Waals surface area contributed by atoms with Gasteiger partial charge in [0.25, 0.3) is 6.01 Å². The number of hydrogen-bond donors (Lipinski definition) is 2. The summed E-state index contributed by atoms with van der Waals surface area (Å²) in [6.07, 6.45) is 0.338. The van der Waals surface area contributed by atoms with Gasteiger partial charge in [0.05, 0.1) is 0 Å². The largest absolute Gasteiger partial charge is 0.480 e. The van der Waals surface area contributed by atoms with E-state index in [2.05, 4.69) is 10.3 Å². The summed E-state index contributed by atoms with van der Waals surface area (Å²) < 4.78 is 10.3. The van der Waals surface area contributed by atoms with Gasteiger partial charge in [-0.25, -0.2) is 4.79 Å². The first-order valence-corrected chi connectivity index (χ1v) is 5.54. The van der Waals surface area contributed by atoms with Crippen molar-refractivity contribution in [2.75, 3.05) is 19.0 Å². The Morgan fingerprint density at radius 1 is 1.56 bits per heavy atom. The van der Waals surface area contributed by atoms with Crippen molar-refractivity contribution in [1.29, 1.82) is 0 Å². The SMILES string of the molecule is COCCC(Nc1nc2ccccc2o1)C(=O)O. The topological polar surface area (TPSA) is 84.6 Å². The Labute approximate surface area is 104 Å². The number of carboxylic acids is 1. The van der Waals surface area contributed by atoms with E-state index in [0.29, 0.717) is 24.1 Å². The van der Waals surface area contributed by atoms with Crippen LogP contribution in [0.15, 0.2) is 28.7 Å². The van der Waals surface area contributed by atoms with Gasteiger partial charge in [0, 0.05) is 20.1 Å². The van der Waals surface area contributed by atoms with Crippen molar-refractivity contribution in [2.24, 2.45) is 0 Å². The van der Waals surface area contributed by atoms with Gasteiger partial charge in [-0.3, -0.25) is 0 Å². The Kier molecular flexibility index (Phi) is 3.78. The van der Waals surface area contributed by atoms with Gasteiger partial charge >= 0.3 is 5.97 Å². The van der Waals surface area contributed by atoms with Gasteiger partial charge in [0.2, 0.25) is 0 Å². The smallest absolute Gasteiger partial charge is 0.326 e. The Bertz CT molecular complexity index is 505. The van der Waals surface area contributed by atoms with Gasteiger partial charge in [-0.05, 0) is 12.1 Å². The zero-order valence-electron chi connectivity index (χ0n) is 9.92. The van der Waals surface area contributed by atoms with Crippen LogP contribution in [0.1, 0.15) is 6.42 Å². The number of oxazole rings is 1. The summed E-state index contributed by atoms with van der Waals surface area (Å²) >= 11 is 0. The molecule has 0 saturated heterocycles. The Morgan fingerprint density at radius 3 is 3.00 bits per heavy atom. The summed E-state index contributed by atoms with van der Waals surface area (Å²) in [5.41, 5.74) is 1.31. The Hall–Kier alpha value is -2.08. The maximum Gasteiger partial charge on any atom is 0.326 e. The molecule has 6 heteroatoms. The quantitative estimate of drug-likeness (QED) is 0.812. The summed E-state index contributed by atoms with van der Waals surface area (Å²) in [4.78, 5) is 15.2. The second-order valence-electron chi connectivity index (χ2n) is 3.80. The van der Waals surface area contributed by atoms with E-state index in [1.165, 1.54) is 7.11 Å². The summed E-state index contributed by atoms with van der Waals surface area (Å²) in [5, 5.41) is 11.8. The molecule has 2 N–H and O–H groups in total. The number of nitrogens with one attached hydrogen (secondary N) is 1. The Balaban J connectivity index is 2.12. The molecule has 96 valence electrons. The number of anilines is 1. The highest BCUT2D eigenvalue weighted by Gasteiger charge is 2.19. The van der Waals surface area contributed by atoms with Gasteiger partial charge in [0.15, 0.2) is 5.58 Å². The maximum absolute atomic E-state index is 11.0. The molecule has 0 aliphatic carbocycles. The van der Waals surface area contributed by atoms with E-state index in [-0.39, 0.29) is 6.01 Å². The number of hydrogen-bond acceptors (Lipinski definition) is 5. The molecule has 0 radical (unpaired) electrons. The van der Waals surface area contributed by atoms with Crippen LogP contribution in [0.4, 0.5) is 6.01 Å². The standard InChI is InChI=1S/C12H14N2O4/c1-17-7-6-9(11(15)16)14-12-13-8-4-2-3-5-10(8)18-12/h2-5,9H,6-7H2,1H3,(H,13,14)(H,15,16). The first kappa shape index (κ1) is 12.4. The van der Waals surface area contributed by atoms with Crippen LogP contribution in [0.2, 0.25) is 0 Å². The second-order valence-corrected chi connectivity index (χ2v) is 3.80. The minimum Gasteiger partial charge on any atom is -0.480 e. The summed E-state index contributed by atoms with van der Waals surface area (Å²) in [7, 11) is 1.53. The maximum atomic E-state index is 11.0. The van der Waals surface area contributed by atoms with E-state index in [9.17, 15) is 4.79 Å². The fourth-order valence-electron chi connectivity index (χ4n) is 1.58. The number of benzene rings is 1. The summed E-state index contributed by atoms with van der Waals surface area (Å²) in [6.45, 7) is 0.351. The fraction of sp³-hybridized carbons (Fsp3) is 0.333. The molecule has 1 aromatic heterocycles. The molecule has 0 aliphatic rings. The van der Waals surface area contributed by atoms with Crippen molar-refractivity contribution >= 4 is 23.1 Å². The van der Waals surface area contributed by atoms with Crippen molar-refractivity contribution in [3.63, 3.8) is 0 Å². The van der Waals surface area contributed by atoms with Gasteiger partial charge in [0.1, 0.15) is 11.6 Å². The van der Waals surface area contributed by atoms with Crippen molar-refractivity contribution in [3.8, 4) is 0 Å². The molecule has 1 atom stereocenters. The highest BCUT2D eigenvalue weighted by Crippen LogP contribution is 2.19. The van der Waals surface area contributed by atoms with Gasteiger partial charge in [-0.15, -0.1) is 0 Å². The van der Waals surface area contributed by atoms with Crippen LogP contribution in [0, 0.1) is 0 Å². The number of para-hydroxylation sites is 2. The van der Waals surface area contributed by atoms with Crippen LogP contribution in [0.3, 0.4) is 0 Å². The number of rotatable bonds is 6. The molecule has 2 rings (SSSR count). The zero-order valence-corrected chi connectivity index (χ0v) is 9.92. The summed E-state index contributed by atoms with van der Waals surface area (Å²) in [5.74, 6) is -0.964. The summed E-state index contributed by atoms with van der Waals surface area (Å²) in [6, 6.07) is 6.68. The monoisotopic (exact) mass is 250 g/mol. The molecule has 0 fully saturated rings. The zero-order chi connectivity index (χ0) is 13.0. The number of fused-ring (bicyclic) bond motifs is 1. The number of methoxy groups -OCH3 is 1. The first-order chi connectivity index (χ1) is 8.70. The minimum absolute atomic E-state index is 0.208. The lowest BCUT2D eigenvalue weighted by Gasteiger charge is -2.11. The molecule has 1 unspecified atom stereocenters. The molecule has 0 spiro atoms. The number of aliphatic carboxylic acids is 1. The average Bonchev–Trinajstić information content (AvgIpc) is 2.76. The van der Waals surface area contributed by atoms with Crippen LogP contribution < -0.4 is 5.32 Å². The number of carbonyl (C=O) groups is 1. The number of aromatic nitrogens is 1. The highest BCUT2D eigenvalue weighted by molar-refractivity contribution is 5.78. The molecular formula is C12H14N2O4. The third-order valence-corrected chi connectivity index (χ3v) is 2.50. The van der Waals surface area contributed by atoms with Crippen molar-refractivity contribution in [2.45, 2.75) is 12.5 Å². The molecule has 0 bridgehead atoms. The molecule has 0 aliphatic heterocycles. The van der Waals surface area contributed by atoms with E-state index in [0.717, 1.165) is 0 Å². The lowest BCUT2D eigenvalue weighted by Crippen LogP contribution is -2.30. The molecule has 6 nitrogen and oxygen atoms in total. The van der Waals surface area contributed by atoms with Gasteiger partial charge in [-0.1, -0.05) is 12.1 Å². The predicted octanol–water partition coefficient (Wildman–Crippen LogP) is 1.73. The number of nitrogens with zero attached hydrogens (tertiary/aromatic N) is 1. The minimum atomic E-state index is -0.964. The molecule has 0 amide bonds. The van der Waals surface area contributed by atoms with Crippen molar-refractivity contribution in [3.05, 3.63) is 24.3 Å². The van der Waals surface area contributed by atoms with Crippen molar-refractivity contribution in [1.82, 2.24) is 4.98 Å². The highest BCUT2D eigenvalue weighted by atomic mass is 16.5. The second kappa shape index (κ2) is 5.50. The number of carboxylic acid groups (broad SMARTS) is 1. The van der Waals surface area contributed by atoms with Crippen LogP contribution in [-0.4, -0.2) is 35.8 Å². The average molecular weight is 250 g/mol. The van der Waals surface area contributed by atoms with Crippen LogP contribution in [0.25, 0.3) is 11.1 Å². The van der Waals surface area contributed by atoms with Crippen LogP contribution >= 0.6 is 0 Å². The van der Waals surface area contributed by atoms with Crippen LogP contribution in [-0.2, 0) is 9.53 Å². The van der Waals surface area contributed by atoms with Crippen molar-refractivity contribution < 1.29 is 19.1 Å². The lowest BCUT2D eigenvalue weighted by molar-refractivity contribution is -0.138. The van der Waals surface area contributed by atoms with E-state index in [1.54, 1.807) is 12.1 Å². The van der Waals surface area contributed by atoms with E-state index in [4.69, 9.17) is 14.3 Å². The molecule has 2 aromatic rings.